The Morgan fingerprint density at radius 2 is 2.14 bits per heavy atom. The van der Waals surface area contributed by atoms with Crippen molar-refractivity contribution in [2.75, 3.05) is 19.0 Å². The fraction of sp³-hybridized carbons (Fsp3) is 0.250. The van der Waals surface area contributed by atoms with Gasteiger partial charge in [-0.15, -0.1) is 0 Å². The van der Waals surface area contributed by atoms with E-state index in [1.807, 2.05) is 29.0 Å². The third-order valence-corrected chi connectivity index (χ3v) is 4.38. The molecule has 0 saturated heterocycles. The number of ether oxygens (including phenoxy) is 1. The minimum atomic E-state index is -0.321. The predicted molar refractivity (Wildman–Crippen MR) is 85.2 cm³/mol. The van der Waals surface area contributed by atoms with E-state index in [1.165, 1.54) is 24.0 Å². The molecule has 2 heterocycles. The van der Waals surface area contributed by atoms with Crippen LogP contribution in [0.15, 0.2) is 35.0 Å². The van der Waals surface area contributed by atoms with Gasteiger partial charge in [0.05, 0.1) is 12.7 Å². The van der Waals surface area contributed by atoms with Crippen LogP contribution in [0.4, 0.5) is 10.5 Å². The molecule has 0 aliphatic carbocycles. The minimum Gasteiger partial charge on any atom is -0.453 e. The lowest BCUT2D eigenvalue weighted by atomic mass is 9.99. The van der Waals surface area contributed by atoms with E-state index in [-0.39, 0.29) is 12.0 Å². The molecule has 22 heavy (non-hydrogen) atoms. The molecule has 1 aromatic carbocycles. The lowest BCUT2D eigenvalue weighted by Gasteiger charge is -2.28. The highest BCUT2D eigenvalue weighted by atomic mass is 32.1. The van der Waals surface area contributed by atoms with Gasteiger partial charge in [-0.25, -0.2) is 4.79 Å². The predicted octanol–water partition coefficient (Wildman–Crippen LogP) is 3.12. The fourth-order valence-electron chi connectivity index (χ4n) is 2.52. The molecule has 6 heteroatoms. The van der Waals surface area contributed by atoms with Gasteiger partial charge in [0.2, 0.25) is 0 Å². The maximum atomic E-state index is 12.1. The van der Waals surface area contributed by atoms with Crippen LogP contribution in [0.25, 0.3) is 0 Å². The highest BCUT2D eigenvalue weighted by Gasteiger charge is 2.21. The zero-order valence-electron chi connectivity index (χ0n) is 12.2. The Balaban J connectivity index is 1.76. The van der Waals surface area contributed by atoms with E-state index >= 15 is 0 Å². The smallest absolute Gasteiger partial charge is 0.409 e. The van der Waals surface area contributed by atoms with Crippen LogP contribution < -0.4 is 5.32 Å². The van der Waals surface area contributed by atoms with Gasteiger partial charge in [-0.3, -0.25) is 4.79 Å². The fourth-order valence-corrected chi connectivity index (χ4v) is 3.15. The summed E-state index contributed by atoms with van der Waals surface area (Å²) in [5, 5.41) is 6.57. The molecular formula is C16H16N2O3S. The van der Waals surface area contributed by atoms with Crippen LogP contribution in [0.2, 0.25) is 0 Å². The number of hydrogen-bond donors (Lipinski definition) is 1. The maximum Gasteiger partial charge on any atom is 0.409 e. The van der Waals surface area contributed by atoms with Crippen molar-refractivity contribution in [2.45, 2.75) is 13.0 Å². The molecule has 2 amide bonds. The number of carbonyl (C=O) groups excluding carboxylic acids is 2. The van der Waals surface area contributed by atoms with E-state index in [4.69, 9.17) is 4.74 Å². The van der Waals surface area contributed by atoms with E-state index in [9.17, 15) is 9.59 Å². The first-order valence-electron chi connectivity index (χ1n) is 6.95. The topological polar surface area (TPSA) is 58.6 Å². The number of rotatable bonds is 2. The third kappa shape index (κ3) is 2.96. The average molecular weight is 316 g/mol. The number of nitrogens with zero attached hydrogens (tertiary/aromatic N) is 1. The van der Waals surface area contributed by atoms with E-state index in [0.29, 0.717) is 18.7 Å². The van der Waals surface area contributed by atoms with Crippen molar-refractivity contribution >= 4 is 29.0 Å². The molecule has 0 spiro atoms. The molecule has 1 aliphatic rings. The summed E-state index contributed by atoms with van der Waals surface area (Å²) in [5.74, 6) is -0.123. The lowest BCUT2D eigenvalue weighted by molar-refractivity contribution is 0.102. The number of thiophene rings is 1. The van der Waals surface area contributed by atoms with E-state index in [0.717, 1.165) is 17.7 Å². The molecular weight excluding hydrogens is 300 g/mol. The van der Waals surface area contributed by atoms with Gasteiger partial charge in [0.1, 0.15) is 0 Å². The van der Waals surface area contributed by atoms with Crippen LogP contribution in [-0.2, 0) is 17.7 Å². The highest BCUT2D eigenvalue weighted by molar-refractivity contribution is 7.08. The van der Waals surface area contributed by atoms with Crippen molar-refractivity contribution in [3.05, 3.63) is 51.7 Å². The minimum absolute atomic E-state index is 0.123. The van der Waals surface area contributed by atoms with Crippen molar-refractivity contribution in [1.82, 2.24) is 4.90 Å². The van der Waals surface area contributed by atoms with Crippen LogP contribution in [0.5, 0.6) is 0 Å². The second-order valence-electron chi connectivity index (χ2n) is 5.09. The monoisotopic (exact) mass is 316 g/mol. The summed E-state index contributed by atoms with van der Waals surface area (Å²) in [6.07, 6.45) is 0.474. The second-order valence-corrected chi connectivity index (χ2v) is 5.87. The summed E-state index contributed by atoms with van der Waals surface area (Å²) in [5.41, 5.74) is 3.63. The Morgan fingerprint density at radius 3 is 2.86 bits per heavy atom. The van der Waals surface area contributed by atoms with Gasteiger partial charge >= 0.3 is 6.09 Å². The van der Waals surface area contributed by atoms with Crippen molar-refractivity contribution in [2.24, 2.45) is 0 Å². The Morgan fingerprint density at radius 1 is 1.27 bits per heavy atom. The number of carbonyl (C=O) groups is 2. The molecule has 1 aliphatic heterocycles. The molecule has 114 valence electrons. The number of anilines is 1. The Kier molecular flexibility index (Phi) is 4.11. The molecule has 0 atom stereocenters. The van der Waals surface area contributed by atoms with Crippen molar-refractivity contribution in [1.29, 1.82) is 0 Å². The van der Waals surface area contributed by atoms with E-state index < -0.39 is 0 Å². The van der Waals surface area contributed by atoms with Gasteiger partial charge in [-0.05, 0) is 41.1 Å². The molecule has 5 nitrogen and oxygen atoms in total. The van der Waals surface area contributed by atoms with Crippen LogP contribution >= 0.6 is 11.3 Å². The van der Waals surface area contributed by atoms with Gasteiger partial charge < -0.3 is 15.0 Å². The van der Waals surface area contributed by atoms with Crippen LogP contribution in [0.3, 0.4) is 0 Å². The van der Waals surface area contributed by atoms with Crippen LogP contribution in [0, 0.1) is 0 Å². The molecule has 2 aromatic rings. The third-order valence-electron chi connectivity index (χ3n) is 3.69. The molecule has 0 radical (unpaired) electrons. The van der Waals surface area contributed by atoms with Crippen molar-refractivity contribution in [3.63, 3.8) is 0 Å². The van der Waals surface area contributed by atoms with Gasteiger partial charge in [-0.2, -0.15) is 11.3 Å². The Hall–Kier alpha value is -2.34. The summed E-state index contributed by atoms with van der Waals surface area (Å²) < 4.78 is 4.77. The Labute approximate surface area is 132 Å². The van der Waals surface area contributed by atoms with Crippen molar-refractivity contribution in [3.8, 4) is 0 Å². The highest BCUT2D eigenvalue weighted by Crippen LogP contribution is 2.23. The average Bonchev–Trinajstić information content (AvgIpc) is 3.08. The summed E-state index contributed by atoms with van der Waals surface area (Å²) in [6, 6.07) is 7.62. The quantitative estimate of drug-likeness (QED) is 0.926. The van der Waals surface area contributed by atoms with Crippen LogP contribution in [-0.4, -0.2) is 30.6 Å². The molecule has 0 bridgehead atoms. The number of benzene rings is 1. The first-order valence-corrected chi connectivity index (χ1v) is 7.90. The summed E-state index contributed by atoms with van der Waals surface area (Å²) in [6.45, 7) is 1.16. The van der Waals surface area contributed by atoms with Gasteiger partial charge in [0.15, 0.2) is 0 Å². The summed E-state index contributed by atoms with van der Waals surface area (Å²) in [7, 11) is 1.38. The van der Waals surface area contributed by atoms with Gasteiger partial charge in [-0.1, -0.05) is 6.07 Å². The van der Waals surface area contributed by atoms with Crippen LogP contribution in [0.1, 0.15) is 21.5 Å². The van der Waals surface area contributed by atoms with Crippen molar-refractivity contribution < 1.29 is 14.3 Å². The maximum absolute atomic E-state index is 12.1. The van der Waals surface area contributed by atoms with Gasteiger partial charge in [0, 0.05) is 24.2 Å². The molecule has 0 fully saturated rings. The number of nitrogens with one attached hydrogen (secondary N) is 1. The van der Waals surface area contributed by atoms with E-state index in [2.05, 4.69) is 5.32 Å². The van der Waals surface area contributed by atoms with Gasteiger partial charge in [0.25, 0.3) is 5.91 Å². The normalized spacial score (nSPS) is 13.4. The first-order chi connectivity index (χ1) is 10.7. The summed E-state index contributed by atoms with van der Waals surface area (Å²) >= 11 is 1.49. The zero-order chi connectivity index (χ0) is 15.5. The molecule has 3 rings (SSSR count). The molecule has 0 unspecified atom stereocenters. The standard InChI is InChI=1S/C16H16N2O3S/c1-21-16(20)18-6-4-11-2-3-14(8-13(11)9-18)17-15(19)12-5-7-22-10-12/h2-3,5,7-8,10H,4,6,9H2,1H3,(H,17,19). The Bertz CT molecular complexity index is 697. The molecule has 1 aromatic heterocycles. The molecule has 1 N–H and O–H groups in total. The number of hydrogen-bond acceptors (Lipinski definition) is 4. The largest absolute Gasteiger partial charge is 0.453 e. The second kappa shape index (κ2) is 6.19. The molecule has 0 saturated carbocycles. The lowest BCUT2D eigenvalue weighted by Crippen LogP contribution is -2.35. The first kappa shape index (κ1) is 14.6. The number of amides is 2. The summed E-state index contributed by atoms with van der Waals surface area (Å²) in [4.78, 5) is 25.4. The van der Waals surface area contributed by atoms with E-state index in [1.54, 1.807) is 11.0 Å². The number of fused-ring (bicyclic) bond motifs is 1. The zero-order valence-corrected chi connectivity index (χ0v) is 13.0. The SMILES string of the molecule is COC(=O)N1CCc2ccc(NC(=O)c3ccsc3)cc2C1. The number of methoxy groups -OCH3 is 1.